The van der Waals surface area contributed by atoms with E-state index < -0.39 is 12.0 Å². The van der Waals surface area contributed by atoms with Gasteiger partial charge in [0.2, 0.25) is 0 Å². The number of carbonyl (C=O) groups is 2. The molecule has 0 saturated carbocycles. The first-order valence-corrected chi connectivity index (χ1v) is 16.1. The number of carbonyl (C=O) groups excluding carboxylic acids is 2. The minimum atomic E-state index is -0.673. The average Bonchev–Trinajstić information content (AvgIpc) is 3.60. The van der Waals surface area contributed by atoms with Gasteiger partial charge in [0.25, 0.3) is 5.56 Å². The van der Waals surface area contributed by atoms with E-state index >= 15 is 0 Å². The van der Waals surface area contributed by atoms with Crippen LogP contribution in [0.4, 0.5) is 0 Å². The molecule has 5 rings (SSSR count). The van der Waals surface area contributed by atoms with Crippen LogP contribution < -0.4 is 14.9 Å². The topological polar surface area (TPSA) is 100 Å². The maximum Gasteiger partial charge on any atom is 0.338 e. The lowest BCUT2D eigenvalue weighted by molar-refractivity contribution is -0.139. The lowest BCUT2D eigenvalue weighted by Gasteiger charge is -2.24. The SMILES string of the molecule is CCCCOC(=O)c1ccc(-c2ccc(/C=c3\sc4n(c3=O)[C@@H](c3ccc(SC)cc3)C(C(=O)OCC)=C(C)N=4)o2)cc1. The maximum atomic E-state index is 13.8. The molecular formula is C33H32N2O6S2. The Kier molecular flexibility index (Phi) is 9.47. The van der Waals surface area contributed by atoms with E-state index in [2.05, 4.69) is 4.99 Å². The van der Waals surface area contributed by atoms with Crippen molar-refractivity contribution in [3.8, 4) is 11.3 Å². The summed E-state index contributed by atoms with van der Waals surface area (Å²) in [7, 11) is 0. The molecule has 0 aliphatic carbocycles. The number of fused-ring (bicyclic) bond motifs is 1. The van der Waals surface area contributed by atoms with Crippen molar-refractivity contribution in [2.24, 2.45) is 4.99 Å². The summed E-state index contributed by atoms with van der Waals surface area (Å²) in [4.78, 5) is 45.4. The molecule has 2 aromatic carbocycles. The molecule has 0 radical (unpaired) electrons. The lowest BCUT2D eigenvalue weighted by atomic mass is 9.96. The number of esters is 2. The van der Waals surface area contributed by atoms with E-state index in [1.165, 1.54) is 11.3 Å². The first-order chi connectivity index (χ1) is 20.8. The molecule has 3 heterocycles. The molecule has 1 atom stereocenters. The van der Waals surface area contributed by atoms with E-state index in [1.54, 1.807) is 66.6 Å². The van der Waals surface area contributed by atoms with Crippen LogP contribution in [0.25, 0.3) is 17.4 Å². The maximum absolute atomic E-state index is 13.8. The second kappa shape index (κ2) is 13.4. The van der Waals surface area contributed by atoms with Gasteiger partial charge in [-0.15, -0.1) is 11.8 Å². The summed E-state index contributed by atoms with van der Waals surface area (Å²) in [5.41, 5.74) is 2.64. The minimum Gasteiger partial charge on any atom is -0.463 e. The molecule has 0 N–H and O–H groups in total. The average molecular weight is 617 g/mol. The summed E-state index contributed by atoms with van der Waals surface area (Å²) in [6.45, 7) is 6.17. The van der Waals surface area contributed by atoms with Gasteiger partial charge in [-0.2, -0.15) is 0 Å². The van der Waals surface area contributed by atoms with Gasteiger partial charge in [-0.1, -0.05) is 48.9 Å². The summed E-state index contributed by atoms with van der Waals surface area (Å²) >= 11 is 2.85. The molecule has 0 saturated heterocycles. The predicted molar refractivity (Wildman–Crippen MR) is 168 cm³/mol. The van der Waals surface area contributed by atoms with Crippen LogP contribution in [-0.2, 0) is 14.3 Å². The number of hydrogen-bond acceptors (Lipinski definition) is 9. The molecule has 8 nitrogen and oxygen atoms in total. The van der Waals surface area contributed by atoms with Crippen LogP contribution in [0.15, 0.2) is 91.0 Å². The van der Waals surface area contributed by atoms with Crippen LogP contribution in [0.2, 0.25) is 0 Å². The quantitative estimate of drug-likeness (QED) is 0.127. The number of furan rings is 1. The molecule has 4 aromatic rings. The van der Waals surface area contributed by atoms with Gasteiger partial charge in [0, 0.05) is 16.5 Å². The predicted octanol–water partition coefficient (Wildman–Crippen LogP) is 5.74. The van der Waals surface area contributed by atoms with Gasteiger partial charge in [-0.05, 0) is 68.5 Å². The summed E-state index contributed by atoms with van der Waals surface area (Å²) in [6, 6.07) is 17.8. The Morgan fingerprint density at radius 1 is 1.02 bits per heavy atom. The third kappa shape index (κ3) is 6.45. The van der Waals surface area contributed by atoms with Gasteiger partial charge in [-0.25, -0.2) is 14.6 Å². The van der Waals surface area contributed by atoms with Crippen molar-refractivity contribution in [3.05, 3.63) is 109 Å². The first-order valence-electron chi connectivity index (χ1n) is 14.1. The molecule has 43 heavy (non-hydrogen) atoms. The van der Waals surface area contributed by atoms with Crippen LogP contribution in [0.3, 0.4) is 0 Å². The largest absolute Gasteiger partial charge is 0.463 e. The number of thiazole rings is 1. The Morgan fingerprint density at radius 3 is 2.44 bits per heavy atom. The highest BCUT2D eigenvalue weighted by atomic mass is 32.2. The standard InChI is InChI=1S/C33H32N2O6S2/c1-5-7-18-40-31(37)23-10-8-21(9-11-23)26-17-14-24(41-26)19-27-30(36)35-29(22-12-15-25(42-4)16-13-22)28(32(38)39-6-2)20(3)34-33(35)43-27/h8-17,19,29H,5-7,18H2,1-4H3/b27-19-/t29-/m0/s1. The van der Waals surface area contributed by atoms with Crippen LogP contribution in [0.5, 0.6) is 0 Å². The Morgan fingerprint density at radius 2 is 1.77 bits per heavy atom. The van der Waals surface area contributed by atoms with Crippen molar-refractivity contribution < 1.29 is 23.5 Å². The molecular weight excluding hydrogens is 585 g/mol. The molecule has 1 aliphatic heterocycles. The van der Waals surface area contributed by atoms with Crippen molar-refractivity contribution in [3.63, 3.8) is 0 Å². The number of hydrogen-bond donors (Lipinski definition) is 0. The van der Waals surface area contributed by atoms with Crippen LogP contribution >= 0.6 is 23.1 Å². The van der Waals surface area contributed by atoms with Crippen molar-refractivity contribution >= 4 is 41.1 Å². The lowest BCUT2D eigenvalue weighted by Crippen LogP contribution is -2.39. The van der Waals surface area contributed by atoms with E-state index in [-0.39, 0.29) is 18.1 Å². The monoisotopic (exact) mass is 616 g/mol. The fraction of sp³-hybridized carbons (Fsp3) is 0.273. The molecule has 0 fully saturated rings. The van der Waals surface area contributed by atoms with Gasteiger partial charge in [-0.3, -0.25) is 9.36 Å². The van der Waals surface area contributed by atoms with E-state index in [0.29, 0.717) is 44.3 Å². The summed E-state index contributed by atoms with van der Waals surface area (Å²) in [5.74, 6) is 0.242. The molecule has 0 bridgehead atoms. The number of benzene rings is 2. The number of aromatic nitrogens is 1. The Labute approximate surface area is 257 Å². The Hall–Kier alpha value is -4.15. The normalized spacial score (nSPS) is 14.8. The molecule has 1 aliphatic rings. The fourth-order valence-corrected chi connectivity index (χ4v) is 6.21. The van der Waals surface area contributed by atoms with Crippen molar-refractivity contribution in [2.45, 2.75) is 44.6 Å². The van der Waals surface area contributed by atoms with Crippen LogP contribution in [-0.4, -0.2) is 36.0 Å². The third-order valence-electron chi connectivity index (χ3n) is 6.98. The van der Waals surface area contributed by atoms with Crippen LogP contribution in [0, 0.1) is 0 Å². The van der Waals surface area contributed by atoms with E-state index in [0.717, 1.165) is 28.9 Å². The molecule has 0 spiro atoms. The van der Waals surface area contributed by atoms with Crippen molar-refractivity contribution in [1.82, 2.24) is 4.57 Å². The number of ether oxygens (including phenoxy) is 2. The molecule has 0 unspecified atom stereocenters. The second-order valence-corrected chi connectivity index (χ2v) is 11.7. The number of rotatable bonds is 10. The van der Waals surface area contributed by atoms with Gasteiger partial charge in [0.1, 0.15) is 11.5 Å². The highest BCUT2D eigenvalue weighted by Crippen LogP contribution is 2.32. The molecule has 222 valence electrons. The zero-order valence-corrected chi connectivity index (χ0v) is 26.1. The van der Waals surface area contributed by atoms with Crippen LogP contribution in [0.1, 0.15) is 61.3 Å². The number of allylic oxidation sites excluding steroid dienone is 1. The van der Waals surface area contributed by atoms with Crippen molar-refractivity contribution in [1.29, 1.82) is 0 Å². The number of thioether (sulfide) groups is 1. The van der Waals surface area contributed by atoms with E-state index in [9.17, 15) is 14.4 Å². The highest BCUT2D eigenvalue weighted by molar-refractivity contribution is 7.98. The zero-order valence-electron chi connectivity index (χ0n) is 24.4. The fourth-order valence-electron chi connectivity index (χ4n) is 4.77. The summed E-state index contributed by atoms with van der Waals surface area (Å²) in [5, 5.41) is 0. The van der Waals surface area contributed by atoms with E-state index in [1.807, 2.05) is 43.5 Å². The van der Waals surface area contributed by atoms with Gasteiger partial charge in [0.05, 0.1) is 40.6 Å². The van der Waals surface area contributed by atoms with E-state index in [4.69, 9.17) is 13.9 Å². The summed E-state index contributed by atoms with van der Waals surface area (Å²) in [6.07, 6.45) is 5.46. The molecule has 10 heteroatoms. The summed E-state index contributed by atoms with van der Waals surface area (Å²) < 4.78 is 18.7. The first kappa shape index (κ1) is 30.3. The van der Waals surface area contributed by atoms with Gasteiger partial charge < -0.3 is 13.9 Å². The minimum absolute atomic E-state index is 0.213. The highest BCUT2D eigenvalue weighted by Gasteiger charge is 2.33. The third-order valence-corrected chi connectivity index (χ3v) is 8.71. The molecule has 0 amide bonds. The Bertz CT molecular complexity index is 1850. The number of nitrogens with zero attached hydrogens (tertiary/aromatic N) is 2. The smallest absolute Gasteiger partial charge is 0.338 e. The number of unbranched alkanes of at least 4 members (excludes halogenated alkanes) is 1. The van der Waals surface area contributed by atoms with Gasteiger partial charge in [0.15, 0.2) is 4.80 Å². The molecule has 2 aromatic heterocycles. The zero-order chi connectivity index (χ0) is 30.5. The second-order valence-electron chi connectivity index (χ2n) is 9.84. The van der Waals surface area contributed by atoms with Gasteiger partial charge >= 0.3 is 11.9 Å². The Balaban J connectivity index is 1.49. The van der Waals surface area contributed by atoms with Crippen molar-refractivity contribution in [2.75, 3.05) is 19.5 Å².